The fourth-order valence-electron chi connectivity index (χ4n) is 8.02. The maximum absolute atomic E-state index is 17.0. The van der Waals surface area contributed by atoms with Crippen LogP contribution in [-0.2, 0) is 9.47 Å². The van der Waals surface area contributed by atoms with Crippen LogP contribution in [0.15, 0.2) is 47.2 Å². The van der Waals surface area contributed by atoms with Crippen LogP contribution >= 0.6 is 11.6 Å². The predicted octanol–water partition coefficient (Wildman–Crippen LogP) is 5.64. The van der Waals surface area contributed by atoms with E-state index in [2.05, 4.69) is 40.0 Å². The number of halogens is 4. The van der Waals surface area contributed by atoms with Crippen molar-refractivity contribution in [3.8, 4) is 0 Å². The van der Waals surface area contributed by atoms with Crippen molar-refractivity contribution in [2.24, 2.45) is 0 Å². The summed E-state index contributed by atoms with van der Waals surface area (Å²) in [4.78, 5) is 28.3. The van der Waals surface area contributed by atoms with E-state index >= 15 is 13.2 Å². The summed E-state index contributed by atoms with van der Waals surface area (Å²) in [6.45, 7) is 9.03. The molecule has 290 valence electrons. The molecule has 0 aromatic heterocycles. The number of alkyl halides is 1. The number of allylic oxidation sites excluding steroid dienone is 5. The molecule has 1 amide bonds. The number of benzene rings is 2. The van der Waals surface area contributed by atoms with Crippen LogP contribution < -0.4 is 20.5 Å². The van der Waals surface area contributed by atoms with Crippen molar-refractivity contribution < 1.29 is 41.9 Å². The average molecular weight is 784 g/mol. The molecule has 2 aromatic carbocycles. The average Bonchev–Trinajstić information content (AvgIpc) is 3.90. The van der Waals surface area contributed by atoms with Crippen molar-refractivity contribution in [2.75, 3.05) is 69.9 Å². The first kappa shape index (κ1) is 40.0. The highest BCUT2D eigenvalue weighted by Gasteiger charge is 2.43. The minimum atomic E-state index is -2.57. The van der Waals surface area contributed by atoms with Gasteiger partial charge in [0.15, 0.2) is 17.3 Å². The van der Waals surface area contributed by atoms with Crippen molar-refractivity contribution in [2.45, 2.75) is 64.5 Å². The third-order valence-electron chi connectivity index (χ3n) is 10.9. The molecule has 8 nitrogen and oxygen atoms in total. The number of fused-ring (bicyclic) bond motifs is 2. The Hall–Kier alpha value is -3.71. The van der Waals surface area contributed by atoms with Crippen molar-refractivity contribution in [1.29, 1.82) is 0 Å². The summed E-state index contributed by atoms with van der Waals surface area (Å²) in [5, 5.41) is 16.9. The Morgan fingerprint density at radius 3 is 2.28 bits per heavy atom. The molecule has 2 aromatic rings. The van der Waals surface area contributed by atoms with Gasteiger partial charge >= 0.3 is 0 Å². The number of carbonyl (C=O) groups excluding carboxylic acids is 2. The first-order valence-electron chi connectivity index (χ1n) is 19.1. The van der Waals surface area contributed by atoms with Gasteiger partial charge in [-0.15, -0.1) is 11.6 Å². The number of carboxylic acids is 1. The molecule has 0 saturated carbocycles. The number of nitrogens with one attached hydrogen (secondary N) is 1. The number of amides is 1. The molecule has 54 heavy (non-hydrogen) atoms. The standard InChI is InChI=1S/C41H49ClF3N3O5Si/c1-54(2)31-25-27(47-17-6-7-18-47)11-13-29(31)33(30-14-12-28(26-32(30)54)48-19-8-9-20-48)34-35(41(50)51)38(44)39(45)36(37(34)43)40(49)46-16-22-53-24-23-52-21-10-4-3-5-15-42/h11-14,25-26H,3-10,15-24H2,1-2H3,(H-,46,49,50,51). The number of unbranched alkanes of at least 4 members (excludes halogenated alkanes) is 3. The summed E-state index contributed by atoms with van der Waals surface area (Å²) in [6.07, 6.45) is 14.0. The van der Waals surface area contributed by atoms with E-state index < -0.39 is 54.1 Å². The third kappa shape index (κ3) is 8.27. The van der Waals surface area contributed by atoms with E-state index in [-0.39, 0.29) is 25.3 Å². The minimum absolute atomic E-state index is 0.0110. The Morgan fingerprint density at radius 1 is 0.889 bits per heavy atom. The van der Waals surface area contributed by atoms with Gasteiger partial charge in [0, 0.05) is 73.9 Å². The van der Waals surface area contributed by atoms with Gasteiger partial charge in [0.25, 0.3) is 5.91 Å². The molecule has 1 aliphatic carbocycles. The second-order valence-corrected chi connectivity index (χ2v) is 19.5. The summed E-state index contributed by atoms with van der Waals surface area (Å²) in [7, 11) is -2.57. The number of carboxylic acid groups (broad SMARTS) is 1. The largest absolute Gasteiger partial charge is 0.545 e. The zero-order valence-electron chi connectivity index (χ0n) is 31.1. The van der Waals surface area contributed by atoms with Crippen LogP contribution in [0.3, 0.4) is 0 Å². The molecule has 1 N–H and O–H groups in total. The first-order chi connectivity index (χ1) is 26.1. The molecule has 0 unspecified atom stereocenters. The van der Waals surface area contributed by atoms with E-state index in [1.54, 1.807) is 0 Å². The summed E-state index contributed by atoms with van der Waals surface area (Å²) >= 11 is 5.69. The van der Waals surface area contributed by atoms with Crippen LogP contribution in [0.25, 0.3) is 5.57 Å². The Labute approximate surface area is 321 Å². The van der Waals surface area contributed by atoms with Gasteiger partial charge in [-0.2, -0.15) is 0 Å². The maximum Gasteiger partial charge on any atom is 0.257 e. The number of anilines is 1. The summed E-state index contributed by atoms with van der Waals surface area (Å²) in [5.74, 6) is -7.88. The molecular formula is C41H49ClF3N3O5Si. The molecule has 0 radical (unpaired) electrons. The van der Waals surface area contributed by atoms with Gasteiger partial charge < -0.3 is 29.6 Å². The zero-order valence-corrected chi connectivity index (χ0v) is 32.9. The number of ether oxygens (including phenoxy) is 2. The number of hydrogen-bond donors (Lipinski definition) is 1. The monoisotopic (exact) mass is 783 g/mol. The summed E-state index contributed by atoms with van der Waals surface area (Å²) in [5.41, 5.74) is -0.00749. The van der Waals surface area contributed by atoms with Crippen molar-refractivity contribution in [3.63, 3.8) is 0 Å². The molecular weight excluding hydrogens is 735 g/mol. The number of hydrogen-bond acceptors (Lipinski definition) is 6. The number of aromatic carboxylic acids is 1. The van der Waals surface area contributed by atoms with Crippen molar-refractivity contribution in [3.05, 3.63) is 86.9 Å². The molecule has 3 aliphatic heterocycles. The molecule has 0 spiro atoms. The predicted molar refractivity (Wildman–Crippen MR) is 206 cm³/mol. The molecule has 3 heterocycles. The molecule has 4 aliphatic rings. The third-order valence-corrected chi connectivity index (χ3v) is 14.7. The van der Waals surface area contributed by atoms with Gasteiger partial charge in [0.05, 0.1) is 25.8 Å². The lowest BCUT2D eigenvalue weighted by Gasteiger charge is -2.39. The van der Waals surface area contributed by atoms with Gasteiger partial charge in [-0.25, -0.2) is 17.7 Å². The number of nitrogens with zero attached hydrogens (tertiary/aromatic N) is 2. The highest BCUT2D eigenvalue weighted by atomic mass is 35.5. The van der Waals surface area contributed by atoms with Gasteiger partial charge in [-0.1, -0.05) is 32.0 Å². The molecule has 13 heteroatoms. The van der Waals surface area contributed by atoms with E-state index in [0.29, 0.717) is 30.2 Å². The molecule has 0 bridgehead atoms. The molecule has 0 atom stereocenters. The second kappa shape index (κ2) is 17.8. The fraction of sp³-hybridized carbons (Fsp3) is 0.488. The second-order valence-electron chi connectivity index (χ2n) is 14.8. The van der Waals surface area contributed by atoms with E-state index in [9.17, 15) is 14.7 Å². The lowest BCUT2D eigenvalue weighted by Crippen LogP contribution is -2.50. The summed E-state index contributed by atoms with van der Waals surface area (Å²) in [6, 6.07) is 5.83. The normalized spacial score (nSPS) is 17.6. The van der Waals surface area contributed by atoms with Crippen molar-refractivity contribution in [1.82, 2.24) is 5.32 Å². The van der Waals surface area contributed by atoms with Gasteiger partial charge in [0.1, 0.15) is 32.5 Å². The molecule has 2 fully saturated rings. The number of rotatable bonds is 16. The quantitative estimate of drug-likeness (QED) is 0.0780. The molecule has 6 rings (SSSR count). The lowest BCUT2D eigenvalue weighted by molar-refractivity contribution is -0.504. The van der Waals surface area contributed by atoms with Crippen molar-refractivity contribution >= 4 is 53.7 Å². The van der Waals surface area contributed by atoms with Crippen LogP contribution in [-0.4, -0.2) is 95.3 Å². The van der Waals surface area contributed by atoms with Crippen LogP contribution in [0.2, 0.25) is 13.1 Å². The maximum atomic E-state index is 17.0. The van der Waals surface area contributed by atoms with E-state index in [0.717, 1.165) is 99.3 Å². The Kier molecular flexibility index (Phi) is 13.2. The highest BCUT2D eigenvalue weighted by Crippen LogP contribution is 2.45. The van der Waals surface area contributed by atoms with Gasteiger partial charge in [-0.3, -0.25) is 4.79 Å². The van der Waals surface area contributed by atoms with E-state index in [4.69, 9.17) is 21.1 Å². The highest BCUT2D eigenvalue weighted by molar-refractivity contribution is 6.98. The SMILES string of the molecule is C[Si]1(C)C2=CC(=[N+]3CCCC3)C=CC2=C(c2c(F)c(C(=O)NCCOCCOCCCCCCCl)c(F)c(F)c2C(=O)[O-])c2ccc(N3CCCC3)cc21. The Morgan fingerprint density at radius 2 is 1.57 bits per heavy atom. The molecule has 2 saturated heterocycles. The van der Waals surface area contributed by atoms with Crippen LogP contribution in [0.5, 0.6) is 0 Å². The van der Waals surface area contributed by atoms with Crippen LogP contribution in [0.1, 0.15) is 83.2 Å². The van der Waals surface area contributed by atoms with E-state index in [1.807, 2.05) is 24.3 Å². The van der Waals surface area contributed by atoms with Crippen LogP contribution in [0, 0.1) is 17.5 Å². The Bertz CT molecular complexity index is 1900. The fourth-order valence-corrected chi connectivity index (χ4v) is 11.3. The zero-order chi connectivity index (χ0) is 38.4. The number of carbonyl (C=O) groups is 2. The van der Waals surface area contributed by atoms with Crippen LogP contribution in [0.4, 0.5) is 18.9 Å². The lowest BCUT2D eigenvalue weighted by atomic mass is 9.85. The first-order valence-corrected chi connectivity index (χ1v) is 22.7. The smallest absolute Gasteiger partial charge is 0.257 e. The van der Waals surface area contributed by atoms with Gasteiger partial charge in [-0.05, 0) is 71.0 Å². The van der Waals surface area contributed by atoms with Gasteiger partial charge in [0.2, 0.25) is 0 Å². The summed E-state index contributed by atoms with van der Waals surface area (Å²) < 4.78 is 62.0. The Balaban J connectivity index is 1.35. The topological polar surface area (TPSA) is 93.9 Å². The minimum Gasteiger partial charge on any atom is -0.545 e. The van der Waals surface area contributed by atoms with E-state index in [1.165, 1.54) is 0 Å².